The molecule has 0 N–H and O–H groups in total. The molecule has 0 bridgehead atoms. The molecule has 1 aliphatic heterocycles. The van der Waals surface area contributed by atoms with E-state index in [1.54, 1.807) is 20.9 Å². The predicted octanol–water partition coefficient (Wildman–Crippen LogP) is -0.110. The molecular formula is C12H15N3O4. The van der Waals surface area contributed by atoms with Crippen LogP contribution in [0.4, 0.5) is 0 Å². The first-order valence-corrected chi connectivity index (χ1v) is 5.99. The average molecular weight is 265 g/mol. The molecule has 0 aromatic carbocycles. The van der Waals surface area contributed by atoms with E-state index in [9.17, 15) is 14.4 Å². The Kier molecular flexibility index (Phi) is 3.37. The Morgan fingerprint density at radius 3 is 2.68 bits per heavy atom. The number of aromatic nitrogens is 2. The van der Waals surface area contributed by atoms with Gasteiger partial charge in [-0.05, 0) is 0 Å². The number of carbonyl (C=O) groups excluding carboxylic acids is 2. The molecule has 0 saturated carbocycles. The fraction of sp³-hybridized carbons (Fsp3) is 0.500. The lowest BCUT2D eigenvalue weighted by Crippen LogP contribution is -2.41. The second-order valence-corrected chi connectivity index (χ2v) is 4.71. The first-order valence-electron chi connectivity index (χ1n) is 5.99. The van der Waals surface area contributed by atoms with Crippen molar-refractivity contribution in [1.29, 1.82) is 0 Å². The summed E-state index contributed by atoms with van der Waals surface area (Å²) in [6.45, 7) is 4.27. The van der Waals surface area contributed by atoms with Crippen molar-refractivity contribution in [3.63, 3.8) is 0 Å². The number of nitrogens with zero attached hydrogens (tertiary/aromatic N) is 3. The first-order chi connectivity index (χ1) is 8.91. The summed E-state index contributed by atoms with van der Waals surface area (Å²) < 4.78 is 6.46. The van der Waals surface area contributed by atoms with Gasteiger partial charge in [0.1, 0.15) is 0 Å². The highest BCUT2D eigenvalue weighted by Gasteiger charge is 2.29. The van der Waals surface area contributed by atoms with Gasteiger partial charge in [-0.1, -0.05) is 13.8 Å². The largest absolute Gasteiger partial charge is 0.420 e. The van der Waals surface area contributed by atoms with Crippen molar-refractivity contribution in [1.82, 2.24) is 14.7 Å². The third-order valence-electron chi connectivity index (χ3n) is 2.88. The minimum atomic E-state index is -0.566. The van der Waals surface area contributed by atoms with E-state index >= 15 is 0 Å². The monoisotopic (exact) mass is 265 g/mol. The Labute approximate surface area is 109 Å². The van der Waals surface area contributed by atoms with Crippen LogP contribution in [0.2, 0.25) is 0 Å². The Hall–Kier alpha value is -2.18. The average Bonchev–Trinajstić information content (AvgIpc) is 2.36. The van der Waals surface area contributed by atoms with E-state index in [1.165, 1.54) is 9.58 Å². The van der Waals surface area contributed by atoms with Gasteiger partial charge in [0.25, 0.3) is 5.91 Å². The number of hydrogen-bond donors (Lipinski definition) is 0. The molecule has 0 fully saturated rings. The van der Waals surface area contributed by atoms with Crippen molar-refractivity contribution in [3.8, 4) is 5.75 Å². The maximum absolute atomic E-state index is 12.1. The van der Waals surface area contributed by atoms with Gasteiger partial charge in [0.15, 0.2) is 5.69 Å². The summed E-state index contributed by atoms with van der Waals surface area (Å²) in [6, 6.07) is 0. The molecule has 0 radical (unpaired) electrons. The van der Waals surface area contributed by atoms with Gasteiger partial charge < -0.3 is 9.64 Å². The molecule has 1 aromatic rings. The van der Waals surface area contributed by atoms with Crippen molar-refractivity contribution >= 4 is 11.9 Å². The topological polar surface area (TPSA) is 81.5 Å². The zero-order valence-electron chi connectivity index (χ0n) is 11.0. The van der Waals surface area contributed by atoms with Gasteiger partial charge >= 0.3 is 5.97 Å². The summed E-state index contributed by atoms with van der Waals surface area (Å²) in [5.41, 5.74) is -0.529. The number of amides is 1. The quantitative estimate of drug-likeness (QED) is 0.697. The number of carbonyl (C=O) groups is 2. The van der Waals surface area contributed by atoms with Gasteiger partial charge in [0, 0.05) is 13.6 Å². The molecule has 1 aliphatic rings. The molecule has 102 valence electrons. The standard InChI is InChI=1S/C12H15N3O4/c1-7(2)12(18)19-10-8(16)6-13-15-5-4-14(3)11(17)9(10)15/h6-7H,4-5H2,1-3H3. The van der Waals surface area contributed by atoms with E-state index in [4.69, 9.17) is 4.74 Å². The van der Waals surface area contributed by atoms with Crippen molar-refractivity contribution in [2.45, 2.75) is 20.4 Å². The summed E-state index contributed by atoms with van der Waals surface area (Å²) >= 11 is 0. The Morgan fingerprint density at radius 1 is 1.37 bits per heavy atom. The zero-order valence-corrected chi connectivity index (χ0v) is 11.0. The van der Waals surface area contributed by atoms with Crippen LogP contribution in [0.15, 0.2) is 11.0 Å². The van der Waals surface area contributed by atoms with Crippen molar-refractivity contribution in [2.75, 3.05) is 13.6 Å². The number of rotatable bonds is 2. The summed E-state index contributed by atoms with van der Waals surface area (Å²) in [5, 5.41) is 3.88. The third kappa shape index (κ3) is 2.35. The second kappa shape index (κ2) is 4.83. The van der Waals surface area contributed by atoms with Crippen LogP contribution in [-0.2, 0) is 11.3 Å². The lowest BCUT2D eigenvalue weighted by molar-refractivity contribution is -0.137. The Balaban J connectivity index is 2.51. The Bertz CT molecular complexity index is 591. The van der Waals surface area contributed by atoms with E-state index in [1.807, 2.05) is 0 Å². The fourth-order valence-corrected chi connectivity index (χ4v) is 1.69. The van der Waals surface area contributed by atoms with Crippen LogP contribution in [0.3, 0.4) is 0 Å². The smallest absolute Gasteiger partial charge is 0.313 e. The SMILES string of the molecule is CC(C)C(=O)Oc1c2n(ncc1=O)CCN(C)C2=O. The molecular weight excluding hydrogens is 250 g/mol. The van der Waals surface area contributed by atoms with Crippen LogP contribution in [0, 0.1) is 5.92 Å². The highest BCUT2D eigenvalue weighted by atomic mass is 16.5. The van der Waals surface area contributed by atoms with Crippen LogP contribution in [-0.4, -0.2) is 40.1 Å². The molecule has 1 aromatic heterocycles. The van der Waals surface area contributed by atoms with Gasteiger partial charge in [0.05, 0.1) is 18.7 Å². The molecule has 0 aliphatic carbocycles. The van der Waals surface area contributed by atoms with Crippen molar-refractivity contribution in [3.05, 3.63) is 22.1 Å². The predicted molar refractivity (Wildman–Crippen MR) is 65.9 cm³/mol. The van der Waals surface area contributed by atoms with Crippen LogP contribution >= 0.6 is 0 Å². The highest BCUT2D eigenvalue weighted by Crippen LogP contribution is 2.18. The molecule has 0 saturated heterocycles. The normalized spacial score (nSPS) is 14.5. The van der Waals surface area contributed by atoms with Crippen molar-refractivity contribution < 1.29 is 14.3 Å². The lowest BCUT2D eigenvalue weighted by Gasteiger charge is -2.26. The molecule has 7 nitrogen and oxygen atoms in total. The molecule has 2 rings (SSSR count). The molecule has 0 unspecified atom stereocenters. The summed E-state index contributed by atoms with van der Waals surface area (Å²) in [6.07, 6.45) is 1.06. The fourth-order valence-electron chi connectivity index (χ4n) is 1.69. The number of likely N-dealkylation sites (N-methyl/N-ethyl adjacent to an activating group) is 1. The van der Waals surface area contributed by atoms with E-state index in [0.29, 0.717) is 13.1 Å². The minimum absolute atomic E-state index is 0.0373. The maximum atomic E-state index is 12.1. The zero-order chi connectivity index (χ0) is 14.2. The van der Waals surface area contributed by atoms with Crippen LogP contribution < -0.4 is 10.2 Å². The minimum Gasteiger partial charge on any atom is -0.420 e. The van der Waals surface area contributed by atoms with Gasteiger partial charge in [0.2, 0.25) is 11.2 Å². The van der Waals surface area contributed by atoms with Crippen LogP contribution in [0.5, 0.6) is 5.75 Å². The number of hydrogen-bond acceptors (Lipinski definition) is 5. The number of ether oxygens (including phenoxy) is 1. The number of esters is 1. The summed E-state index contributed by atoms with van der Waals surface area (Å²) in [4.78, 5) is 36.9. The maximum Gasteiger partial charge on any atom is 0.313 e. The summed E-state index contributed by atoms with van der Waals surface area (Å²) in [7, 11) is 1.62. The number of fused-ring (bicyclic) bond motifs is 1. The third-order valence-corrected chi connectivity index (χ3v) is 2.88. The van der Waals surface area contributed by atoms with E-state index in [-0.39, 0.29) is 23.3 Å². The molecule has 0 atom stereocenters. The van der Waals surface area contributed by atoms with Gasteiger partial charge in [-0.25, -0.2) is 0 Å². The molecule has 19 heavy (non-hydrogen) atoms. The first kappa shape index (κ1) is 13.3. The molecule has 1 amide bonds. The van der Waals surface area contributed by atoms with Crippen LogP contribution in [0.1, 0.15) is 24.3 Å². The molecule has 0 spiro atoms. The van der Waals surface area contributed by atoms with E-state index in [2.05, 4.69) is 5.10 Å². The lowest BCUT2D eigenvalue weighted by atomic mass is 10.2. The van der Waals surface area contributed by atoms with E-state index < -0.39 is 11.4 Å². The van der Waals surface area contributed by atoms with Gasteiger partial charge in [-0.15, -0.1) is 0 Å². The van der Waals surface area contributed by atoms with Crippen LogP contribution in [0.25, 0.3) is 0 Å². The Morgan fingerprint density at radius 2 is 2.05 bits per heavy atom. The van der Waals surface area contributed by atoms with Crippen molar-refractivity contribution in [2.24, 2.45) is 5.92 Å². The molecule has 7 heteroatoms. The highest BCUT2D eigenvalue weighted by molar-refractivity contribution is 5.96. The van der Waals surface area contributed by atoms with Gasteiger partial charge in [-0.3, -0.25) is 19.1 Å². The molecule has 2 heterocycles. The summed E-state index contributed by atoms with van der Waals surface area (Å²) in [5.74, 6) is -1.54. The van der Waals surface area contributed by atoms with E-state index in [0.717, 1.165) is 6.20 Å². The van der Waals surface area contributed by atoms with Gasteiger partial charge in [-0.2, -0.15) is 5.10 Å². The second-order valence-electron chi connectivity index (χ2n) is 4.71.